The van der Waals surface area contributed by atoms with Gasteiger partial charge in [0.25, 0.3) is 0 Å². The fourth-order valence-corrected chi connectivity index (χ4v) is 6.90. The minimum Gasteiger partial charge on any atom is -0.353 e. The van der Waals surface area contributed by atoms with Gasteiger partial charge < -0.3 is 20.9 Å². The molecule has 4 N–H and O–H groups in total. The Morgan fingerprint density at radius 2 is 1.74 bits per heavy atom. The van der Waals surface area contributed by atoms with Gasteiger partial charge in [0, 0.05) is 42.1 Å². The Balaban J connectivity index is 1.39. The summed E-state index contributed by atoms with van der Waals surface area (Å²) >= 11 is 0. The zero-order chi connectivity index (χ0) is 23.3. The number of nitrogens with one attached hydrogen (secondary N) is 2. The average molecular weight is 465 g/mol. The minimum atomic E-state index is 0.230. The van der Waals surface area contributed by atoms with E-state index in [0.29, 0.717) is 24.4 Å². The molecule has 34 heavy (non-hydrogen) atoms. The smallest absolute Gasteiger partial charge is 0.220 e. The predicted molar refractivity (Wildman–Crippen MR) is 140 cm³/mol. The maximum Gasteiger partial charge on any atom is 0.220 e. The van der Waals surface area contributed by atoms with E-state index in [1.807, 2.05) is 0 Å². The minimum absolute atomic E-state index is 0.230. The van der Waals surface area contributed by atoms with Gasteiger partial charge in [0.05, 0.1) is 0 Å². The number of hydrogen-bond acceptors (Lipinski definition) is 3. The van der Waals surface area contributed by atoms with E-state index >= 15 is 0 Å². The van der Waals surface area contributed by atoms with Crippen LogP contribution in [0.25, 0.3) is 10.9 Å². The normalized spacial score (nSPS) is 25.9. The zero-order valence-corrected chi connectivity index (χ0v) is 20.8. The molecule has 3 aliphatic rings. The number of nitrogens with zero attached hydrogens (tertiary/aromatic N) is 1. The van der Waals surface area contributed by atoms with E-state index in [-0.39, 0.29) is 11.8 Å². The molecule has 0 spiro atoms. The third-order valence-corrected chi connectivity index (χ3v) is 8.89. The van der Waals surface area contributed by atoms with E-state index in [1.54, 1.807) is 0 Å². The first-order chi connectivity index (χ1) is 16.7. The number of hydrogen-bond donors (Lipinski definition) is 3. The van der Waals surface area contributed by atoms with E-state index in [1.165, 1.54) is 48.6 Å². The number of nitrogens with two attached hydrogens (primary N) is 1. The van der Waals surface area contributed by atoms with Crippen molar-refractivity contribution < 1.29 is 4.79 Å². The van der Waals surface area contributed by atoms with Crippen molar-refractivity contribution in [2.45, 2.75) is 102 Å². The molecule has 1 aromatic heterocycles. The van der Waals surface area contributed by atoms with Crippen molar-refractivity contribution in [3.63, 3.8) is 0 Å². The maximum absolute atomic E-state index is 13.3. The van der Waals surface area contributed by atoms with Crippen LogP contribution in [0.1, 0.15) is 88.5 Å². The third kappa shape index (κ3) is 5.68. The third-order valence-electron chi connectivity index (χ3n) is 8.89. The fourth-order valence-electron chi connectivity index (χ4n) is 6.90. The van der Waals surface area contributed by atoms with E-state index in [2.05, 4.69) is 45.7 Å². The summed E-state index contributed by atoms with van der Waals surface area (Å²) in [6, 6.07) is 9.52. The molecule has 1 amide bonds. The largest absolute Gasteiger partial charge is 0.353 e. The lowest BCUT2D eigenvalue weighted by Crippen LogP contribution is -2.41. The number of piperidine rings is 1. The lowest BCUT2D eigenvalue weighted by Gasteiger charge is -2.32. The van der Waals surface area contributed by atoms with E-state index in [0.717, 1.165) is 64.1 Å². The Morgan fingerprint density at radius 1 is 1.00 bits per heavy atom. The number of fused-ring (bicyclic) bond motifs is 1. The lowest BCUT2D eigenvalue weighted by atomic mass is 9.78. The molecule has 2 aliphatic carbocycles. The van der Waals surface area contributed by atoms with Crippen molar-refractivity contribution in [3.8, 4) is 0 Å². The van der Waals surface area contributed by atoms with Crippen LogP contribution in [0.15, 0.2) is 30.5 Å². The molecule has 5 rings (SSSR count). The number of para-hydroxylation sites is 1. The number of amides is 1. The van der Waals surface area contributed by atoms with Crippen molar-refractivity contribution in [2.75, 3.05) is 13.1 Å². The molecule has 1 unspecified atom stereocenters. The molecular weight excluding hydrogens is 420 g/mol. The highest BCUT2D eigenvalue weighted by molar-refractivity contribution is 5.86. The molecule has 186 valence electrons. The van der Waals surface area contributed by atoms with Gasteiger partial charge in [-0.05, 0) is 93.8 Å². The molecule has 0 radical (unpaired) electrons. The van der Waals surface area contributed by atoms with Crippen LogP contribution < -0.4 is 16.4 Å². The van der Waals surface area contributed by atoms with Crippen molar-refractivity contribution in [2.24, 2.45) is 17.6 Å². The molecule has 5 heteroatoms. The molecule has 1 aliphatic heterocycles. The number of carbonyl (C=O) groups is 1. The summed E-state index contributed by atoms with van der Waals surface area (Å²) in [6.07, 6.45) is 16.3. The number of aromatic nitrogens is 1. The van der Waals surface area contributed by atoms with Crippen molar-refractivity contribution >= 4 is 16.8 Å². The number of benzene rings is 1. The van der Waals surface area contributed by atoms with Crippen molar-refractivity contribution in [1.29, 1.82) is 0 Å². The van der Waals surface area contributed by atoms with Gasteiger partial charge in [0.15, 0.2) is 0 Å². The van der Waals surface area contributed by atoms with Gasteiger partial charge in [-0.2, -0.15) is 0 Å². The summed E-state index contributed by atoms with van der Waals surface area (Å²) in [5.74, 6) is 1.86. The lowest BCUT2D eigenvalue weighted by molar-refractivity contribution is -0.122. The summed E-state index contributed by atoms with van der Waals surface area (Å²) in [7, 11) is 0. The highest BCUT2D eigenvalue weighted by Crippen LogP contribution is 2.39. The second-order valence-electron chi connectivity index (χ2n) is 11.3. The van der Waals surface area contributed by atoms with Crippen LogP contribution in [0.2, 0.25) is 0 Å². The summed E-state index contributed by atoms with van der Waals surface area (Å²) in [4.78, 5) is 13.3. The molecule has 2 aromatic rings. The topological polar surface area (TPSA) is 72.1 Å². The zero-order valence-electron chi connectivity index (χ0n) is 20.8. The van der Waals surface area contributed by atoms with Crippen LogP contribution in [-0.4, -0.2) is 35.6 Å². The SMILES string of the molecule is N[C@H]1CC[C@H](NC(=O)CC(c2cn(CC3CCCCC3)c3ccccc23)C2CCNCC2)CC1. The van der Waals surface area contributed by atoms with Gasteiger partial charge in [0.1, 0.15) is 0 Å². The maximum atomic E-state index is 13.3. The van der Waals surface area contributed by atoms with Gasteiger partial charge in [0.2, 0.25) is 5.91 Å². The molecule has 5 nitrogen and oxygen atoms in total. The predicted octanol–water partition coefficient (Wildman–Crippen LogP) is 5.08. The molecule has 3 fully saturated rings. The van der Waals surface area contributed by atoms with Crippen molar-refractivity contribution in [3.05, 3.63) is 36.0 Å². The highest BCUT2D eigenvalue weighted by Gasteiger charge is 2.31. The van der Waals surface area contributed by atoms with Crippen LogP contribution in [-0.2, 0) is 11.3 Å². The first kappa shape index (κ1) is 23.9. The highest BCUT2D eigenvalue weighted by atomic mass is 16.1. The quantitative estimate of drug-likeness (QED) is 0.535. The molecule has 1 atom stereocenters. The second-order valence-corrected chi connectivity index (χ2v) is 11.3. The van der Waals surface area contributed by atoms with Gasteiger partial charge in [-0.25, -0.2) is 0 Å². The second kappa shape index (κ2) is 11.3. The molecular formula is C29H44N4O. The van der Waals surface area contributed by atoms with Gasteiger partial charge in [-0.3, -0.25) is 4.79 Å². The summed E-state index contributed by atoms with van der Waals surface area (Å²) < 4.78 is 2.52. The number of rotatable bonds is 7. The Bertz CT molecular complexity index is 933. The van der Waals surface area contributed by atoms with Crippen molar-refractivity contribution in [1.82, 2.24) is 15.2 Å². The monoisotopic (exact) mass is 464 g/mol. The Kier molecular flexibility index (Phi) is 7.90. The van der Waals surface area contributed by atoms with E-state index in [4.69, 9.17) is 5.73 Å². The van der Waals surface area contributed by atoms with Crippen LogP contribution in [0.5, 0.6) is 0 Å². The van der Waals surface area contributed by atoms with E-state index < -0.39 is 0 Å². The van der Waals surface area contributed by atoms with Gasteiger partial charge >= 0.3 is 0 Å². The fraction of sp³-hybridized carbons (Fsp3) is 0.690. The standard InChI is InChI=1S/C29H44N4O/c30-23-10-12-24(13-11-23)32-29(34)18-26(22-14-16-31-17-15-22)27-20-33(19-21-6-2-1-3-7-21)28-9-5-4-8-25(27)28/h4-5,8-9,20-24,26,31H,1-3,6-7,10-19,30H2,(H,32,34)/t23-,24-,26?. The summed E-state index contributed by atoms with van der Waals surface area (Å²) in [5, 5.41) is 8.27. The van der Waals surface area contributed by atoms with Crippen LogP contribution >= 0.6 is 0 Å². The number of carbonyl (C=O) groups excluding carboxylic acids is 1. The van der Waals surface area contributed by atoms with Crippen LogP contribution in [0.4, 0.5) is 0 Å². The Morgan fingerprint density at radius 3 is 2.50 bits per heavy atom. The van der Waals surface area contributed by atoms with Gasteiger partial charge in [-0.1, -0.05) is 37.5 Å². The first-order valence-corrected chi connectivity index (χ1v) is 14.0. The summed E-state index contributed by atoms with van der Waals surface area (Å²) in [6.45, 7) is 3.24. The molecule has 2 saturated carbocycles. The average Bonchev–Trinajstić information content (AvgIpc) is 3.23. The first-order valence-electron chi connectivity index (χ1n) is 14.0. The van der Waals surface area contributed by atoms with Crippen LogP contribution in [0.3, 0.4) is 0 Å². The molecule has 0 bridgehead atoms. The Labute approximate surface area is 205 Å². The summed E-state index contributed by atoms with van der Waals surface area (Å²) in [5.41, 5.74) is 8.84. The van der Waals surface area contributed by atoms with Gasteiger partial charge in [-0.15, -0.1) is 0 Å². The molecule has 1 aromatic carbocycles. The van der Waals surface area contributed by atoms with E-state index in [9.17, 15) is 4.79 Å². The molecule has 2 heterocycles. The van der Waals surface area contributed by atoms with Crippen LogP contribution in [0, 0.1) is 11.8 Å². The molecule has 1 saturated heterocycles. The Hall–Kier alpha value is -1.85.